The van der Waals surface area contributed by atoms with Gasteiger partial charge in [-0.15, -0.1) is 0 Å². The Balaban J connectivity index is 4.04. The summed E-state index contributed by atoms with van der Waals surface area (Å²) in [7, 11) is -4.40. The molecule has 454 valence electrons. The van der Waals surface area contributed by atoms with Crippen LogP contribution in [0, 0.1) is 0 Å². The van der Waals surface area contributed by atoms with E-state index in [4.69, 9.17) is 24.3 Å². The van der Waals surface area contributed by atoms with E-state index < -0.39 is 26.5 Å². The molecule has 0 amide bonds. The largest absolute Gasteiger partial charge is 0.472 e. The second kappa shape index (κ2) is 64.1. The van der Waals surface area contributed by atoms with Gasteiger partial charge in [-0.2, -0.15) is 0 Å². The highest BCUT2D eigenvalue weighted by Gasteiger charge is 2.26. The van der Waals surface area contributed by atoms with Crippen LogP contribution in [0.1, 0.15) is 251 Å². The van der Waals surface area contributed by atoms with Crippen LogP contribution in [0.3, 0.4) is 0 Å². The highest BCUT2D eigenvalue weighted by molar-refractivity contribution is 7.47. The number of phosphoric acid groups is 1. The molecular weight excluding hydrogens is 1010 g/mol. The van der Waals surface area contributed by atoms with E-state index in [0.717, 1.165) is 122 Å². The van der Waals surface area contributed by atoms with E-state index in [-0.39, 0.29) is 38.6 Å². The van der Waals surface area contributed by atoms with Gasteiger partial charge in [0.15, 0.2) is 6.10 Å². The van der Waals surface area contributed by atoms with Crippen LogP contribution in [0.5, 0.6) is 0 Å². The van der Waals surface area contributed by atoms with Gasteiger partial charge >= 0.3 is 19.8 Å². The molecule has 0 fully saturated rings. The van der Waals surface area contributed by atoms with E-state index in [1.807, 2.05) is 0 Å². The monoisotopic (exact) mass is 1130 g/mol. The molecule has 10 heteroatoms. The number of esters is 2. The predicted molar refractivity (Wildman–Crippen MR) is 343 cm³/mol. The summed E-state index contributed by atoms with van der Waals surface area (Å²) in [6.45, 7) is 3.60. The summed E-state index contributed by atoms with van der Waals surface area (Å²) in [6, 6.07) is 0. The quantitative estimate of drug-likeness (QED) is 0.0264. The Labute approximate surface area is 490 Å². The molecule has 2 atom stereocenters. The zero-order valence-electron chi connectivity index (χ0n) is 50.8. The maximum Gasteiger partial charge on any atom is 0.472 e. The van der Waals surface area contributed by atoms with Crippen molar-refractivity contribution in [1.82, 2.24) is 0 Å². The molecule has 0 saturated heterocycles. The average molecular weight is 1130 g/mol. The molecule has 0 rings (SSSR count). The van der Waals surface area contributed by atoms with E-state index in [9.17, 15) is 19.0 Å². The van der Waals surface area contributed by atoms with E-state index in [1.54, 1.807) is 0 Å². The molecule has 0 heterocycles. The summed E-state index contributed by atoms with van der Waals surface area (Å²) in [5.74, 6) is -0.859. The van der Waals surface area contributed by atoms with Crippen LogP contribution < -0.4 is 5.73 Å². The molecule has 0 aliphatic carbocycles. The highest BCUT2D eigenvalue weighted by atomic mass is 31.2. The maximum absolute atomic E-state index is 12.7. The van der Waals surface area contributed by atoms with Gasteiger partial charge in [0.1, 0.15) is 6.61 Å². The molecule has 9 nitrogen and oxygen atoms in total. The van der Waals surface area contributed by atoms with Crippen LogP contribution in [0.4, 0.5) is 0 Å². The molecule has 0 aromatic carbocycles. The molecule has 0 aliphatic rings. The second-order valence-electron chi connectivity index (χ2n) is 20.6. The number of hydrogen-bond acceptors (Lipinski definition) is 8. The van der Waals surface area contributed by atoms with Crippen molar-refractivity contribution < 1.29 is 37.6 Å². The van der Waals surface area contributed by atoms with Crippen LogP contribution in [0.15, 0.2) is 146 Å². The third-order valence-electron chi connectivity index (χ3n) is 13.0. The van der Waals surface area contributed by atoms with Crippen molar-refractivity contribution in [3.05, 3.63) is 146 Å². The van der Waals surface area contributed by atoms with Crippen LogP contribution >= 0.6 is 7.82 Å². The Bertz CT molecular complexity index is 1820. The summed E-state index contributed by atoms with van der Waals surface area (Å²) in [6.07, 6.45) is 92.0. The van der Waals surface area contributed by atoms with Crippen molar-refractivity contribution >= 4 is 19.8 Å². The first-order valence-corrected chi connectivity index (χ1v) is 33.3. The van der Waals surface area contributed by atoms with E-state index >= 15 is 0 Å². The number of hydrogen-bond donors (Lipinski definition) is 2. The first-order chi connectivity index (χ1) is 39.3. The number of phosphoric ester groups is 1. The Morgan fingerprint density at radius 1 is 0.388 bits per heavy atom. The van der Waals surface area contributed by atoms with E-state index in [0.29, 0.717) is 6.42 Å². The average Bonchev–Trinajstić information content (AvgIpc) is 3.45. The Kier molecular flexibility index (Phi) is 60.8. The fraction of sp³-hybridized carbons (Fsp3) is 0.629. The normalized spacial score (nSPS) is 14.0. The topological polar surface area (TPSA) is 134 Å². The lowest BCUT2D eigenvalue weighted by Crippen LogP contribution is -2.29. The summed E-state index contributed by atoms with van der Waals surface area (Å²) in [5.41, 5.74) is 5.38. The minimum absolute atomic E-state index is 0.0431. The Morgan fingerprint density at radius 2 is 0.688 bits per heavy atom. The van der Waals surface area contributed by atoms with Gasteiger partial charge in [0, 0.05) is 19.4 Å². The number of ether oxygens (including phenoxy) is 2. The van der Waals surface area contributed by atoms with Crippen molar-refractivity contribution in [2.75, 3.05) is 26.4 Å². The van der Waals surface area contributed by atoms with Crippen molar-refractivity contribution in [2.45, 2.75) is 258 Å². The lowest BCUT2D eigenvalue weighted by atomic mass is 10.0. The summed E-state index contributed by atoms with van der Waals surface area (Å²) >= 11 is 0. The van der Waals surface area contributed by atoms with Crippen LogP contribution in [-0.4, -0.2) is 49.3 Å². The van der Waals surface area contributed by atoms with Gasteiger partial charge in [-0.1, -0.05) is 282 Å². The fourth-order valence-electron chi connectivity index (χ4n) is 8.32. The second-order valence-corrected chi connectivity index (χ2v) is 22.0. The van der Waals surface area contributed by atoms with Gasteiger partial charge in [0.2, 0.25) is 0 Å². The van der Waals surface area contributed by atoms with Crippen LogP contribution in [0.2, 0.25) is 0 Å². The summed E-state index contributed by atoms with van der Waals surface area (Å²) < 4.78 is 33.0. The molecule has 0 radical (unpaired) electrons. The van der Waals surface area contributed by atoms with Crippen molar-refractivity contribution in [2.24, 2.45) is 5.73 Å². The molecule has 0 bridgehead atoms. The number of unbranched alkanes of at least 4 members (excludes halogenated alkanes) is 21. The van der Waals surface area contributed by atoms with Crippen LogP contribution in [-0.2, 0) is 32.7 Å². The third-order valence-corrected chi connectivity index (χ3v) is 14.0. The minimum Gasteiger partial charge on any atom is -0.462 e. The van der Waals surface area contributed by atoms with Crippen molar-refractivity contribution in [3.63, 3.8) is 0 Å². The van der Waals surface area contributed by atoms with Gasteiger partial charge in [-0.3, -0.25) is 18.6 Å². The van der Waals surface area contributed by atoms with Gasteiger partial charge < -0.3 is 20.1 Å². The molecule has 0 aromatic rings. The van der Waals surface area contributed by atoms with E-state index in [1.165, 1.54) is 96.3 Å². The molecule has 0 spiro atoms. The lowest BCUT2D eigenvalue weighted by Gasteiger charge is -2.19. The predicted octanol–water partition coefficient (Wildman–Crippen LogP) is 20.7. The summed E-state index contributed by atoms with van der Waals surface area (Å²) in [5, 5.41) is 0. The number of carbonyl (C=O) groups excluding carboxylic acids is 2. The van der Waals surface area contributed by atoms with Crippen molar-refractivity contribution in [3.8, 4) is 0 Å². The molecule has 80 heavy (non-hydrogen) atoms. The Morgan fingerprint density at radius 3 is 1.02 bits per heavy atom. The lowest BCUT2D eigenvalue weighted by molar-refractivity contribution is -0.161. The molecule has 0 aromatic heterocycles. The molecule has 2 unspecified atom stereocenters. The molecular formula is C70H116NO8P. The summed E-state index contributed by atoms with van der Waals surface area (Å²) in [4.78, 5) is 35.2. The Hall–Kier alpha value is -4.11. The smallest absolute Gasteiger partial charge is 0.462 e. The minimum atomic E-state index is -4.40. The SMILES string of the molecule is CC/C=C\C/C=C\C/C=C\C/C=C\C/C=C\C/C=C\C/C=C\C/C=C\C/C=C\C/C=C\C/C=C\C/C=C\CCCCCCC(=O)OC(COC(=O)CCCCCCCCCCCCCCCCCCCC)COP(=O)(O)OCCN. The zero-order chi connectivity index (χ0) is 58.0. The number of nitrogens with two attached hydrogens (primary N) is 1. The van der Waals surface area contributed by atoms with Gasteiger partial charge in [-0.25, -0.2) is 4.57 Å². The number of carbonyl (C=O) groups is 2. The van der Waals surface area contributed by atoms with E-state index in [2.05, 4.69) is 160 Å². The first-order valence-electron chi connectivity index (χ1n) is 31.8. The van der Waals surface area contributed by atoms with Crippen LogP contribution in [0.25, 0.3) is 0 Å². The molecule has 0 saturated carbocycles. The number of allylic oxidation sites excluding steroid dienone is 24. The zero-order valence-corrected chi connectivity index (χ0v) is 51.6. The van der Waals surface area contributed by atoms with Gasteiger partial charge in [-0.05, 0) is 103 Å². The molecule has 3 N–H and O–H groups in total. The third kappa shape index (κ3) is 63.1. The standard InChI is InChI=1S/C70H116NO8P/c1-3-5-7-9-11-13-15-17-19-21-23-24-25-26-27-28-29-30-31-32-33-34-35-36-37-38-39-40-41-42-43-44-45-47-49-51-53-55-57-59-61-63-70(73)79-68(67-78-80(74,75)77-65-64-71)66-76-69(72)62-60-58-56-54-52-50-48-46-22-20-18-16-14-12-10-8-6-4-2/h5,7,11,13,17,19,23-24,26-27,29-30,32-33,35-36,38-39,41-42,44-45,49,51,68H,3-4,6,8-10,12,14-16,18,20-22,25,28,31,34,37,40,43,46-48,50,52-67,71H2,1-2H3,(H,74,75)/b7-5-,13-11-,19-17-,24-23-,27-26-,30-29-,33-32-,36-35-,39-38-,42-41-,45-44-,51-49-. The molecule has 0 aliphatic heterocycles. The fourth-order valence-corrected chi connectivity index (χ4v) is 9.09. The van der Waals surface area contributed by atoms with Gasteiger partial charge in [0.25, 0.3) is 0 Å². The maximum atomic E-state index is 12.7. The number of rotatable bonds is 58. The first kappa shape index (κ1) is 75.9. The van der Waals surface area contributed by atoms with Crippen molar-refractivity contribution in [1.29, 1.82) is 0 Å². The van der Waals surface area contributed by atoms with Gasteiger partial charge in [0.05, 0.1) is 13.2 Å². The highest BCUT2D eigenvalue weighted by Crippen LogP contribution is 2.43.